The maximum Gasteiger partial charge on any atom is 0.126 e. The van der Waals surface area contributed by atoms with Crippen LogP contribution in [0.1, 0.15) is 58.8 Å². The molecule has 0 saturated carbocycles. The highest BCUT2D eigenvalue weighted by molar-refractivity contribution is 7.99. The average molecular weight is 283 g/mol. The molecule has 4 heteroatoms. The molecule has 1 rings (SSSR count). The van der Waals surface area contributed by atoms with Crippen molar-refractivity contribution in [3.63, 3.8) is 0 Å². The lowest BCUT2D eigenvalue weighted by Gasteiger charge is -2.20. The lowest BCUT2D eigenvalue weighted by molar-refractivity contribution is 0.513. The molecule has 0 aromatic carbocycles. The van der Waals surface area contributed by atoms with Gasteiger partial charge in [-0.15, -0.1) is 0 Å². The first-order chi connectivity index (χ1) is 9.22. The number of aromatic nitrogens is 2. The molecule has 0 aliphatic rings. The third kappa shape index (κ3) is 5.57. The van der Waals surface area contributed by atoms with Crippen LogP contribution < -0.4 is 5.32 Å². The Bertz CT molecular complexity index is 338. The van der Waals surface area contributed by atoms with Crippen LogP contribution in [0.2, 0.25) is 0 Å². The molecular formula is C15H29N3S. The highest BCUT2D eigenvalue weighted by atomic mass is 32.2. The Kier molecular flexibility index (Phi) is 8.22. The van der Waals surface area contributed by atoms with Gasteiger partial charge in [0.25, 0.3) is 0 Å². The molecule has 2 unspecified atom stereocenters. The van der Waals surface area contributed by atoms with E-state index in [1.54, 1.807) is 0 Å². The van der Waals surface area contributed by atoms with Gasteiger partial charge in [-0.2, -0.15) is 11.8 Å². The minimum absolute atomic E-state index is 0.375. The molecule has 0 aliphatic carbocycles. The third-order valence-electron chi connectivity index (χ3n) is 3.29. The summed E-state index contributed by atoms with van der Waals surface area (Å²) in [6.07, 6.45) is 7.59. The van der Waals surface area contributed by atoms with E-state index in [2.05, 4.69) is 48.8 Å². The lowest BCUT2D eigenvalue weighted by atomic mass is 10.3. The number of rotatable bonds is 10. The summed E-state index contributed by atoms with van der Waals surface area (Å²) in [6.45, 7) is 11.1. The second-order valence-corrected chi connectivity index (χ2v) is 6.51. The van der Waals surface area contributed by atoms with E-state index in [-0.39, 0.29) is 0 Å². The third-order valence-corrected chi connectivity index (χ3v) is 4.72. The van der Waals surface area contributed by atoms with Crippen molar-refractivity contribution in [1.82, 2.24) is 14.9 Å². The highest BCUT2D eigenvalue weighted by Gasteiger charge is 2.17. The zero-order valence-electron chi connectivity index (χ0n) is 12.9. The Morgan fingerprint density at radius 2 is 2.11 bits per heavy atom. The van der Waals surface area contributed by atoms with Crippen molar-refractivity contribution in [1.29, 1.82) is 0 Å². The smallest absolute Gasteiger partial charge is 0.126 e. The summed E-state index contributed by atoms with van der Waals surface area (Å²) in [5.74, 6) is 2.31. The maximum absolute atomic E-state index is 4.58. The van der Waals surface area contributed by atoms with E-state index in [0.717, 1.165) is 30.5 Å². The van der Waals surface area contributed by atoms with Crippen LogP contribution >= 0.6 is 11.8 Å². The van der Waals surface area contributed by atoms with Gasteiger partial charge in [-0.25, -0.2) is 4.98 Å². The van der Waals surface area contributed by atoms with Crippen molar-refractivity contribution < 1.29 is 0 Å². The summed E-state index contributed by atoms with van der Waals surface area (Å²) in [4.78, 5) is 4.58. The normalized spacial score (nSPS) is 14.5. The van der Waals surface area contributed by atoms with E-state index < -0.39 is 0 Å². The van der Waals surface area contributed by atoms with Crippen LogP contribution in [0.15, 0.2) is 12.4 Å². The number of nitrogens with zero attached hydrogens (tertiary/aromatic N) is 2. The molecule has 0 fully saturated rings. The number of aryl methyl sites for hydroxylation is 1. The molecular weight excluding hydrogens is 254 g/mol. The Morgan fingerprint density at radius 3 is 2.74 bits per heavy atom. The van der Waals surface area contributed by atoms with Crippen LogP contribution in [0.5, 0.6) is 0 Å². The van der Waals surface area contributed by atoms with Gasteiger partial charge < -0.3 is 9.88 Å². The van der Waals surface area contributed by atoms with Gasteiger partial charge >= 0.3 is 0 Å². The van der Waals surface area contributed by atoms with Crippen LogP contribution in [0.25, 0.3) is 0 Å². The van der Waals surface area contributed by atoms with Crippen LogP contribution in [-0.2, 0) is 6.54 Å². The van der Waals surface area contributed by atoms with Gasteiger partial charge in [-0.3, -0.25) is 0 Å². The molecule has 0 saturated heterocycles. The van der Waals surface area contributed by atoms with E-state index >= 15 is 0 Å². The van der Waals surface area contributed by atoms with Gasteiger partial charge in [0.2, 0.25) is 0 Å². The van der Waals surface area contributed by atoms with Crippen LogP contribution in [0, 0.1) is 0 Å². The fourth-order valence-electron chi connectivity index (χ4n) is 1.98. The Hall–Kier alpha value is -0.480. The van der Waals surface area contributed by atoms with E-state index in [9.17, 15) is 0 Å². The fraction of sp³-hybridized carbons (Fsp3) is 0.800. The van der Waals surface area contributed by atoms with Crippen LogP contribution in [0.4, 0.5) is 0 Å². The van der Waals surface area contributed by atoms with Gasteiger partial charge in [-0.1, -0.05) is 27.7 Å². The topological polar surface area (TPSA) is 29.9 Å². The molecule has 0 bridgehead atoms. The molecule has 0 amide bonds. The summed E-state index contributed by atoms with van der Waals surface area (Å²) in [5.41, 5.74) is 0. The molecule has 0 radical (unpaired) electrons. The molecule has 1 aromatic rings. The van der Waals surface area contributed by atoms with Crippen LogP contribution in [-0.4, -0.2) is 27.1 Å². The van der Waals surface area contributed by atoms with Crippen molar-refractivity contribution in [2.24, 2.45) is 0 Å². The second-order valence-electron chi connectivity index (χ2n) is 5.04. The van der Waals surface area contributed by atoms with E-state index in [1.165, 1.54) is 18.7 Å². The molecule has 2 atom stereocenters. The number of thioether (sulfide) groups is 1. The minimum Gasteiger partial charge on any atom is -0.334 e. The second kappa shape index (κ2) is 9.43. The van der Waals surface area contributed by atoms with Crippen LogP contribution in [0.3, 0.4) is 0 Å². The quantitative estimate of drug-likeness (QED) is 0.707. The first-order valence-corrected chi connectivity index (χ1v) is 8.63. The fourth-order valence-corrected chi connectivity index (χ4v) is 3.01. The van der Waals surface area contributed by atoms with E-state index in [4.69, 9.17) is 0 Å². The SMILES string of the molecule is CCCNC(CSC(C)CC)c1nccn1CCC. The first kappa shape index (κ1) is 16.6. The number of imidazole rings is 1. The Labute approximate surface area is 122 Å². The summed E-state index contributed by atoms with van der Waals surface area (Å²) < 4.78 is 2.30. The number of nitrogens with one attached hydrogen (secondary N) is 1. The van der Waals surface area contributed by atoms with Crippen molar-refractivity contribution in [3.05, 3.63) is 18.2 Å². The molecule has 19 heavy (non-hydrogen) atoms. The summed E-state index contributed by atoms with van der Waals surface area (Å²) >= 11 is 2.04. The highest BCUT2D eigenvalue weighted by Crippen LogP contribution is 2.22. The van der Waals surface area contributed by atoms with Gasteiger partial charge in [0, 0.05) is 29.9 Å². The monoisotopic (exact) mass is 283 g/mol. The Balaban J connectivity index is 2.68. The molecule has 1 N–H and O–H groups in total. The zero-order chi connectivity index (χ0) is 14.1. The molecule has 1 aromatic heterocycles. The van der Waals surface area contributed by atoms with E-state index in [0.29, 0.717) is 6.04 Å². The van der Waals surface area contributed by atoms with Crippen molar-refractivity contribution >= 4 is 11.8 Å². The molecule has 3 nitrogen and oxygen atoms in total. The zero-order valence-corrected chi connectivity index (χ0v) is 13.7. The van der Waals surface area contributed by atoms with Gasteiger partial charge in [0.1, 0.15) is 5.82 Å². The predicted molar refractivity (Wildman–Crippen MR) is 85.8 cm³/mol. The van der Waals surface area contributed by atoms with Crippen molar-refractivity contribution in [3.8, 4) is 0 Å². The number of hydrogen-bond acceptors (Lipinski definition) is 3. The van der Waals surface area contributed by atoms with E-state index in [1.807, 2.05) is 18.0 Å². The largest absolute Gasteiger partial charge is 0.334 e. The summed E-state index contributed by atoms with van der Waals surface area (Å²) in [6, 6.07) is 0.375. The maximum atomic E-state index is 4.58. The van der Waals surface area contributed by atoms with Gasteiger partial charge in [0.15, 0.2) is 0 Å². The average Bonchev–Trinajstić information content (AvgIpc) is 2.87. The standard InChI is InChI=1S/C15H29N3S/c1-5-8-16-14(12-19-13(4)7-3)15-17-9-11-18(15)10-6-2/h9,11,13-14,16H,5-8,10,12H2,1-4H3. The predicted octanol–water partition coefficient (Wildman–Crippen LogP) is 3.87. The Morgan fingerprint density at radius 1 is 1.32 bits per heavy atom. The van der Waals surface area contributed by atoms with Gasteiger partial charge in [-0.05, 0) is 25.8 Å². The van der Waals surface area contributed by atoms with Gasteiger partial charge in [0.05, 0.1) is 6.04 Å². The molecule has 1 heterocycles. The minimum atomic E-state index is 0.375. The van der Waals surface area contributed by atoms with Crippen molar-refractivity contribution in [2.45, 2.75) is 64.8 Å². The summed E-state index contributed by atoms with van der Waals surface area (Å²) in [5, 5.41) is 4.37. The number of hydrogen-bond donors (Lipinski definition) is 1. The summed E-state index contributed by atoms with van der Waals surface area (Å²) in [7, 11) is 0. The van der Waals surface area contributed by atoms with Crippen molar-refractivity contribution in [2.75, 3.05) is 12.3 Å². The first-order valence-electron chi connectivity index (χ1n) is 7.58. The molecule has 110 valence electrons. The molecule has 0 aliphatic heterocycles. The lowest BCUT2D eigenvalue weighted by Crippen LogP contribution is -2.27. The molecule has 0 spiro atoms.